The van der Waals surface area contributed by atoms with Gasteiger partial charge in [-0.25, -0.2) is 14.4 Å². The minimum Gasteiger partial charge on any atom is -0.494 e. The molecule has 11 heteroatoms. The average Bonchev–Trinajstić information content (AvgIpc) is 3.48. The molecule has 0 spiro atoms. The molecule has 0 radical (unpaired) electrons. The Hall–Kier alpha value is -4.38. The number of hydrogen-bond donors (Lipinski definition) is 1. The van der Waals surface area contributed by atoms with Crippen molar-refractivity contribution in [3.05, 3.63) is 23.8 Å². The van der Waals surface area contributed by atoms with Crippen LogP contribution in [0.3, 0.4) is 0 Å². The highest BCUT2D eigenvalue weighted by molar-refractivity contribution is 6.01. The van der Waals surface area contributed by atoms with E-state index in [9.17, 15) is 14.0 Å². The van der Waals surface area contributed by atoms with Gasteiger partial charge in [0.05, 0.1) is 12.6 Å². The summed E-state index contributed by atoms with van der Waals surface area (Å²) in [6.07, 6.45) is 18.6. The molecule has 1 unspecified atom stereocenters. The predicted octanol–water partition coefficient (Wildman–Crippen LogP) is 1.77. The smallest absolute Gasteiger partial charge is 0.234 e. The maximum absolute atomic E-state index is 14.2. The van der Waals surface area contributed by atoms with Crippen LogP contribution < -0.4 is 10.5 Å². The Balaban J connectivity index is 0.00000109. The number of carbonyl (C=O) groups excluding carboxylic acids is 2. The lowest BCUT2D eigenvalue weighted by molar-refractivity contribution is -0.142. The Morgan fingerprint density at radius 3 is 2.56 bits per heavy atom. The molecule has 2 N–H and O–H groups in total. The van der Waals surface area contributed by atoms with Gasteiger partial charge < -0.3 is 20.3 Å². The lowest BCUT2D eigenvalue weighted by atomic mass is 10.1. The molecule has 0 aliphatic carbocycles. The molecule has 1 atom stereocenters. The standard InChI is InChI=1S/C21H26FN7O3.2C2H2/c1-27(19(30)12-7-9-28(2)20(12)31)8-5-4-6-17-25-18-13-10-14(22)16(32-3)11-15(13)24-21(23)29(18)26-17;2*1-2/h10-12H,4-9H2,1-3H3,(H2,23,24);2*1-2H. The van der Waals surface area contributed by atoms with Crippen molar-refractivity contribution in [2.45, 2.75) is 25.7 Å². The summed E-state index contributed by atoms with van der Waals surface area (Å²) in [5.74, 6) is -0.528. The molecule has 36 heavy (non-hydrogen) atoms. The van der Waals surface area contributed by atoms with E-state index in [2.05, 4.69) is 40.8 Å². The third-order valence-corrected chi connectivity index (χ3v) is 5.86. The maximum atomic E-state index is 14.2. The van der Waals surface area contributed by atoms with Crippen LogP contribution in [0.4, 0.5) is 10.3 Å². The van der Waals surface area contributed by atoms with Gasteiger partial charge in [0, 0.05) is 45.1 Å². The number of unbranched alkanes of at least 4 members (excludes halogenated alkanes) is 1. The summed E-state index contributed by atoms with van der Waals surface area (Å²) in [5, 5.41) is 4.89. The first kappa shape index (κ1) is 27.9. The van der Waals surface area contributed by atoms with Crippen molar-refractivity contribution in [3.63, 3.8) is 0 Å². The second-order valence-corrected chi connectivity index (χ2v) is 8.06. The zero-order valence-corrected chi connectivity index (χ0v) is 20.6. The SMILES string of the molecule is C#C.C#C.COc1cc2nc(N)n3nc(CCCCN(C)C(=O)C4CCN(C)C4=O)nc3c2cc1F. The maximum Gasteiger partial charge on any atom is 0.234 e. The Morgan fingerprint density at radius 2 is 1.94 bits per heavy atom. The fourth-order valence-electron chi connectivity index (χ4n) is 4.00. The van der Waals surface area contributed by atoms with E-state index in [0.29, 0.717) is 48.3 Å². The summed E-state index contributed by atoms with van der Waals surface area (Å²) in [6.45, 7) is 1.16. The number of hydrogen-bond acceptors (Lipinski definition) is 7. The number of ether oxygens (including phenoxy) is 1. The minimum absolute atomic E-state index is 0.0816. The Bertz CT molecular complexity index is 1280. The summed E-state index contributed by atoms with van der Waals surface area (Å²) in [7, 11) is 4.82. The van der Waals surface area contributed by atoms with Crippen molar-refractivity contribution in [3.8, 4) is 31.4 Å². The van der Waals surface area contributed by atoms with Gasteiger partial charge in [0.1, 0.15) is 5.92 Å². The van der Waals surface area contributed by atoms with Crippen LogP contribution in [-0.4, -0.2) is 75.5 Å². The van der Waals surface area contributed by atoms with Gasteiger partial charge in [-0.05, 0) is 25.3 Å². The highest BCUT2D eigenvalue weighted by Gasteiger charge is 2.36. The third kappa shape index (κ3) is 5.63. The van der Waals surface area contributed by atoms with Crippen molar-refractivity contribution < 1.29 is 18.7 Å². The number of rotatable bonds is 7. The van der Waals surface area contributed by atoms with Crippen LogP contribution in [0, 0.1) is 37.4 Å². The highest BCUT2D eigenvalue weighted by Crippen LogP contribution is 2.27. The van der Waals surface area contributed by atoms with Crippen LogP contribution in [0.2, 0.25) is 0 Å². The van der Waals surface area contributed by atoms with Crippen molar-refractivity contribution >= 4 is 34.3 Å². The lowest BCUT2D eigenvalue weighted by Gasteiger charge is -2.20. The van der Waals surface area contributed by atoms with Gasteiger partial charge in [0.2, 0.25) is 17.8 Å². The van der Waals surface area contributed by atoms with E-state index in [1.54, 1.807) is 23.9 Å². The molecule has 2 aromatic heterocycles. The topological polar surface area (TPSA) is 119 Å². The van der Waals surface area contributed by atoms with E-state index in [4.69, 9.17) is 10.5 Å². The van der Waals surface area contributed by atoms with Crippen molar-refractivity contribution in [2.24, 2.45) is 5.92 Å². The molecule has 1 aliphatic rings. The van der Waals surface area contributed by atoms with Gasteiger partial charge in [0.25, 0.3) is 0 Å². The number of nitrogen functional groups attached to an aromatic ring is 1. The van der Waals surface area contributed by atoms with Crippen molar-refractivity contribution in [1.29, 1.82) is 0 Å². The number of carbonyl (C=O) groups is 2. The summed E-state index contributed by atoms with van der Waals surface area (Å²) < 4.78 is 20.6. The largest absolute Gasteiger partial charge is 0.494 e. The molecule has 1 aliphatic heterocycles. The van der Waals surface area contributed by atoms with E-state index >= 15 is 0 Å². The van der Waals surface area contributed by atoms with E-state index in [1.807, 2.05) is 0 Å². The van der Waals surface area contributed by atoms with Gasteiger partial charge in [-0.15, -0.1) is 30.8 Å². The minimum atomic E-state index is -0.562. The van der Waals surface area contributed by atoms with E-state index in [0.717, 1.165) is 12.8 Å². The molecule has 3 heterocycles. The van der Waals surface area contributed by atoms with E-state index < -0.39 is 11.7 Å². The second-order valence-electron chi connectivity index (χ2n) is 8.06. The Labute approximate surface area is 209 Å². The van der Waals surface area contributed by atoms with Gasteiger partial charge in [-0.3, -0.25) is 9.59 Å². The van der Waals surface area contributed by atoms with Crippen LogP contribution in [0.1, 0.15) is 25.1 Å². The number of terminal acetylenes is 2. The molecular weight excluding hydrogens is 465 g/mol. The van der Waals surface area contributed by atoms with Crippen molar-refractivity contribution in [2.75, 3.05) is 40.0 Å². The summed E-state index contributed by atoms with van der Waals surface area (Å²) in [5.41, 5.74) is 6.92. The molecular formula is C25H30FN7O3. The number of amides is 2. The van der Waals surface area contributed by atoms with Crippen LogP contribution in [-0.2, 0) is 16.0 Å². The normalized spacial score (nSPS) is 14.6. The first-order valence-corrected chi connectivity index (χ1v) is 11.1. The number of aromatic nitrogens is 4. The zero-order chi connectivity index (χ0) is 27.0. The Kier molecular flexibility index (Phi) is 9.57. The first-order valence-electron chi connectivity index (χ1n) is 11.1. The van der Waals surface area contributed by atoms with Crippen LogP contribution in [0.5, 0.6) is 5.75 Å². The molecule has 4 rings (SSSR count). The summed E-state index contributed by atoms with van der Waals surface area (Å²) in [6, 6.07) is 2.80. The molecule has 1 aromatic carbocycles. The highest BCUT2D eigenvalue weighted by atomic mass is 19.1. The fraction of sp³-hybridized carbons (Fsp3) is 0.400. The quantitative estimate of drug-likeness (QED) is 0.301. The molecule has 10 nitrogen and oxygen atoms in total. The number of halogens is 1. The lowest BCUT2D eigenvalue weighted by Crippen LogP contribution is -2.37. The van der Waals surface area contributed by atoms with Crippen LogP contribution in [0.25, 0.3) is 16.6 Å². The van der Waals surface area contributed by atoms with E-state index in [1.165, 1.54) is 23.8 Å². The number of nitrogens with two attached hydrogens (primary N) is 1. The number of likely N-dealkylation sites (tertiary alicyclic amines) is 1. The zero-order valence-electron chi connectivity index (χ0n) is 20.6. The molecule has 0 saturated carbocycles. The number of methoxy groups -OCH3 is 1. The molecule has 0 bridgehead atoms. The first-order chi connectivity index (χ1) is 17.3. The predicted molar refractivity (Wildman–Crippen MR) is 135 cm³/mol. The number of anilines is 1. The molecule has 3 aromatic rings. The third-order valence-electron chi connectivity index (χ3n) is 5.86. The number of fused-ring (bicyclic) bond motifs is 3. The fourth-order valence-corrected chi connectivity index (χ4v) is 4.00. The number of benzene rings is 1. The molecule has 190 valence electrons. The van der Waals surface area contributed by atoms with Crippen LogP contribution >= 0.6 is 0 Å². The number of aryl methyl sites for hydroxylation is 1. The average molecular weight is 496 g/mol. The molecule has 2 amide bonds. The van der Waals surface area contributed by atoms with Crippen molar-refractivity contribution in [1.82, 2.24) is 29.4 Å². The summed E-state index contributed by atoms with van der Waals surface area (Å²) in [4.78, 5) is 36.6. The van der Waals surface area contributed by atoms with Gasteiger partial charge in [-0.1, -0.05) is 0 Å². The molecule has 1 saturated heterocycles. The monoisotopic (exact) mass is 495 g/mol. The second kappa shape index (κ2) is 12.4. The van der Waals surface area contributed by atoms with Gasteiger partial charge >= 0.3 is 0 Å². The summed E-state index contributed by atoms with van der Waals surface area (Å²) >= 11 is 0. The Morgan fingerprint density at radius 1 is 1.25 bits per heavy atom. The molecule has 1 fully saturated rings. The van der Waals surface area contributed by atoms with Gasteiger partial charge in [0.15, 0.2) is 23.0 Å². The van der Waals surface area contributed by atoms with Crippen LogP contribution in [0.15, 0.2) is 12.1 Å². The number of nitrogens with zero attached hydrogens (tertiary/aromatic N) is 6. The van der Waals surface area contributed by atoms with E-state index in [-0.39, 0.29) is 23.5 Å². The van der Waals surface area contributed by atoms with Gasteiger partial charge in [-0.2, -0.15) is 4.52 Å².